The number of hydrogen-bond acceptors (Lipinski definition) is 6. The highest BCUT2D eigenvalue weighted by Crippen LogP contribution is 2.44. The van der Waals surface area contributed by atoms with Crippen molar-refractivity contribution in [2.45, 2.75) is 11.8 Å². The van der Waals surface area contributed by atoms with Gasteiger partial charge in [0.05, 0.1) is 10.2 Å². The Labute approximate surface area is 152 Å². The van der Waals surface area contributed by atoms with Crippen LogP contribution in [0.5, 0.6) is 0 Å². The first kappa shape index (κ1) is 20.1. The van der Waals surface area contributed by atoms with Crippen LogP contribution in [0, 0.1) is 6.92 Å². The van der Waals surface area contributed by atoms with E-state index in [0.717, 1.165) is 5.56 Å². The molecule has 0 unspecified atom stereocenters. The Morgan fingerprint density at radius 2 is 1.50 bits per heavy atom. The SMILES string of the molecule is COP(=O)(OC)c1ccc(NC(=O)NS(=O)(=O)c2ccc(C)cc2)cc1. The van der Waals surface area contributed by atoms with E-state index in [1.807, 2.05) is 11.6 Å². The molecule has 2 rings (SSSR count). The Bertz CT molecular complexity index is 918. The molecule has 2 aromatic rings. The van der Waals surface area contributed by atoms with Crippen molar-refractivity contribution >= 4 is 34.6 Å². The van der Waals surface area contributed by atoms with Crippen LogP contribution in [0.1, 0.15) is 5.56 Å². The zero-order valence-corrected chi connectivity index (χ0v) is 16.1. The van der Waals surface area contributed by atoms with Crippen LogP contribution in [0.3, 0.4) is 0 Å². The molecule has 0 aliphatic rings. The van der Waals surface area contributed by atoms with Crippen molar-refractivity contribution in [2.24, 2.45) is 0 Å². The number of carbonyl (C=O) groups excluding carboxylic acids is 1. The number of amides is 2. The molecule has 10 heteroatoms. The van der Waals surface area contributed by atoms with Crippen LogP contribution >= 0.6 is 7.60 Å². The van der Waals surface area contributed by atoms with Gasteiger partial charge in [0.15, 0.2) is 0 Å². The minimum absolute atomic E-state index is 0.0188. The van der Waals surface area contributed by atoms with Gasteiger partial charge in [0.1, 0.15) is 0 Å². The number of anilines is 1. The van der Waals surface area contributed by atoms with Crippen molar-refractivity contribution in [3.05, 3.63) is 54.1 Å². The number of sulfonamides is 1. The minimum Gasteiger partial charge on any atom is -0.309 e. The van der Waals surface area contributed by atoms with Gasteiger partial charge in [-0.25, -0.2) is 17.9 Å². The fourth-order valence-corrected chi connectivity index (χ4v) is 4.06. The normalized spacial score (nSPS) is 11.8. The van der Waals surface area contributed by atoms with E-state index in [2.05, 4.69) is 5.32 Å². The molecule has 8 nitrogen and oxygen atoms in total. The molecule has 0 spiro atoms. The zero-order chi connectivity index (χ0) is 19.4. The average molecular weight is 398 g/mol. The summed E-state index contributed by atoms with van der Waals surface area (Å²) in [5.41, 5.74) is 1.21. The van der Waals surface area contributed by atoms with Crippen LogP contribution in [0.2, 0.25) is 0 Å². The lowest BCUT2D eigenvalue weighted by Gasteiger charge is -2.14. The number of hydrogen-bond donors (Lipinski definition) is 2. The van der Waals surface area contributed by atoms with Crippen molar-refractivity contribution in [1.82, 2.24) is 4.72 Å². The van der Waals surface area contributed by atoms with Gasteiger partial charge in [-0.15, -0.1) is 0 Å². The van der Waals surface area contributed by atoms with Gasteiger partial charge in [-0.1, -0.05) is 17.7 Å². The first-order valence-electron chi connectivity index (χ1n) is 7.43. The second-order valence-electron chi connectivity index (χ2n) is 5.28. The smallest absolute Gasteiger partial charge is 0.309 e. The van der Waals surface area contributed by atoms with Gasteiger partial charge < -0.3 is 14.4 Å². The Balaban J connectivity index is 2.08. The maximum Gasteiger partial charge on any atom is 0.360 e. The van der Waals surface area contributed by atoms with Crippen molar-refractivity contribution in [1.29, 1.82) is 0 Å². The third-order valence-corrected chi connectivity index (χ3v) is 6.72. The molecule has 2 aromatic carbocycles. The van der Waals surface area contributed by atoms with E-state index in [-0.39, 0.29) is 4.90 Å². The number of benzene rings is 2. The molecule has 0 bridgehead atoms. The van der Waals surface area contributed by atoms with Crippen LogP contribution in [0.25, 0.3) is 0 Å². The molecule has 0 fully saturated rings. The fourth-order valence-electron chi connectivity index (χ4n) is 2.07. The Hall–Kier alpha value is -2.19. The van der Waals surface area contributed by atoms with E-state index in [1.54, 1.807) is 12.1 Å². The van der Waals surface area contributed by atoms with Gasteiger partial charge in [-0.3, -0.25) is 4.57 Å². The van der Waals surface area contributed by atoms with Crippen molar-refractivity contribution < 1.29 is 26.8 Å². The second-order valence-corrected chi connectivity index (χ2v) is 9.21. The predicted octanol–water partition coefficient (Wildman–Crippen LogP) is 2.62. The molecule has 2 N–H and O–H groups in total. The summed E-state index contributed by atoms with van der Waals surface area (Å²) in [6, 6.07) is 11.0. The highest BCUT2D eigenvalue weighted by molar-refractivity contribution is 7.90. The van der Waals surface area contributed by atoms with Gasteiger partial charge >= 0.3 is 13.6 Å². The van der Waals surface area contributed by atoms with Crippen LogP contribution in [0.4, 0.5) is 10.5 Å². The van der Waals surface area contributed by atoms with Crippen LogP contribution in [-0.4, -0.2) is 28.7 Å². The van der Waals surface area contributed by atoms with Crippen LogP contribution in [-0.2, 0) is 23.6 Å². The number of carbonyl (C=O) groups is 1. The molecule has 0 aliphatic heterocycles. The molecule has 0 atom stereocenters. The number of rotatable bonds is 6. The van der Waals surface area contributed by atoms with Crippen molar-refractivity contribution in [2.75, 3.05) is 19.5 Å². The van der Waals surface area contributed by atoms with E-state index in [0.29, 0.717) is 11.0 Å². The second kappa shape index (κ2) is 8.01. The molecule has 0 saturated carbocycles. The molecule has 0 radical (unpaired) electrons. The fraction of sp³-hybridized carbons (Fsp3) is 0.188. The topological polar surface area (TPSA) is 111 Å². The first-order valence-corrected chi connectivity index (χ1v) is 10.5. The summed E-state index contributed by atoms with van der Waals surface area (Å²) in [5.74, 6) is 0. The summed E-state index contributed by atoms with van der Waals surface area (Å²) in [6.45, 7) is 1.83. The lowest BCUT2D eigenvalue weighted by atomic mass is 10.2. The molecular formula is C16H19N2O6PS. The molecule has 0 heterocycles. The Morgan fingerprint density at radius 1 is 0.962 bits per heavy atom. The Morgan fingerprint density at radius 3 is 2.00 bits per heavy atom. The van der Waals surface area contributed by atoms with E-state index in [4.69, 9.17) is 9.05 Å². The summed E-state index contributed by atoms with van der Waals surface area (Å²) in [6.07, 6.45) is 0. The third kappa shape index (κ3) is 4.70. The van der Waals surface area contributed by atoms with Gasteiger partial charge in [0, 0.05) is 19.9 Å². The third-order valence-electron chi connectivity index (χ3n) is 3.48. The summed E-state index contributed by atoms with van der Waals surface area (Å²) >= 11 is 0. The monoisotopic (exact) mass is 398 g/mol. The summed E-state index contributed by atoms with van der Waals surface area (Å²) in [4.78, 5) is 11.9. The van der Waals surface area contributed by atoms with E-state index >= 15 is 0 Å². The van der Waals surface area contributed by atoms with Crippen molar-refractivity contribution in [3.8, 4) is 0 Å². The highest BCUT2D eigenvalue weighted by atomic mass is 32.2. The maximum absolute atomic E-state index is 12.2. The van der Waals surface area contributed by atoms with Crippen molar-refractivity contribution in [3.63, 3.8) is 0 Å². The quantitative estimate of drug-likeness (QED) is 0.724. The summed E-state index contributed by atoms with van der Waals surface area (Å²) in [7, 11) is -4.84. The lowest BCUT2D eigenvalue weighted by Crippen LogP contribution is -2.34. The molecule has 0 saturated heterocycles. The average Bonchev–Trinajstić information content (AvgIpc) is 2.61. The minimum atomic E-state index is -3.98. The largest absolute Gasteiger partial charge is 0.360 e. The number of urea groups is 1. The summed E-state index contributed by atoms with van der Waals surface area (Å²) < 4.78 is 48.2. The lowest BCUT2D eigenvalue weighted by molar-refractivity contribution is 0.256. The van der Waals surface area contributed by atoms with Crippen LogP contribution in [0.15, 0.2) is 53.4 Å². The molecule has 0 aromatic heterocycles. The molecule has 140 valence electrons. The summed E-state index contributed by atoms with van der Waals surface area (Å²) in [5, 5.41) is 2.70. The first-order chi connectivity index (χ1) is 12.2. The molecular weight excluding hydrogens is 379 g/mol. The number of aryl methyl sites for hydroxylation is 1. The van der Waals surface area contributed by atoms with Crippen LogP contribution < -0.4 is 15.3 Å². The Kier molecular flexibility index (Phi) is 6.20. The van der Waals surface area contributed by atoms with E-state index in [1.165, 1.54) is 50.6 Å². The predicted molar refractivity (Wildman–Crippen MR) is 98.2 cm³/mol. The molecule has 0 aliphatic carbocycles. The van der Waals surface area contributed by atoms with E-state index < -0.39 is 23.7 Å². The van der Waals surface area contributed by atoms with Gasteiger partial charge in [0.25, 0.3) is 10.0 Å². The zero-order valence-electron chi connectivity index (χ0n) is 14.4. The highest BCUT2D eigenvalue weighted by Gasteiger charge is 2.24. The van der Waals surface area contributed by atoms with Gasteiger partial charge in [-0.2, -0.15) is 0 Å². The maximum atomic E-state index is 12.2. The van der Waals surface area contributed by atoms with Gasteiger partial charge in [-0.05, 0) is 43.3 Å². The molecule has 26 heavy (non-hydrogen) atoms. The standard InChI is InChI=1S/C16H19N2O6PS/c1-12-4-10-15(11-5-12)26(21,22)18-16(19)17-13-6-8-14(9-7-13)25(20,23-2)24-3/h4-11H,1-3H3,(H2,17,18,19). The van der Waals surface area contributed by atoms with Gasteiger partial charge in [0.2, 0.25) is 0 Å². The molecule has 2 amide bonds. The van der Waals surface area contributed by atoms with E-state index in [9.17, 15) is 17.8 Å². The number of nitrogens with one attached hydrogen (secondary N) is 2.